The van der Waals surface area contributed by atoms with Gasteiger partial charge < -0.3 is 10.1 Å². The zero-order valence-electron chi connectivity index (χ0n) is 6.26. The Kier molecular flexibility index (Phi) is 2.73. The molecule has 1 fully saturated rings. The van der Waals surface area contributed by atoms with Crippen LogP contribution in [0.4, 0.5) is 0 Å². The first-order valence-corrected chi connectivity index (χ1v) is 3.67. The van der Waals surface area contributed by atoms with Crippen molar-refractivity contribution >= 4 is 0 Å². The van der Waals surface area contributed by atoms with Gasteiger partial charge in [-0.05, 0) is 6.92 Å². The fourth-order valence-corrected chi connectivity index (χ4v) is 1.21. The van der Waals surface area contributed by atoms with E-state index in [2.05, 4.69) is 11.2 Å². The Bertz CT molecular complexity index is 139. The van der Waals surface area contributed by atoms with Gasteiger partial charge in [-0.3, -0.25) is 0 Å². The Morgan fingerprint density at radius 3 is 3.10 bits per heavy atom. The van der Waals surface area contributed by atoms with E-state index in [1.54, 1.807) is 0 Å². The van der Waals surface area contributed by atoms with Gasteiger partial charge in [0.15, 0.2) is 0 Å². The second-order valence-electron chi connectivity index (χ2n) is 2.43. The molecule has 2 nitrogen and oxygen atoms in total. The minimum Gasteiger partial charge on any atom is -0.376 e. The van der Waals surface area contributed by atoms with Crippen molar-refractivity contribution in [3.8, 4) is 12.3 Å². The number of ether oxygens (including phenoxy) is 1. The van der Waals surface area contributed by atoms with Crippen molar-refractivity contribution in [2.75, 3.05) is 19.7 Å². The molecule has 56 valence electrons. The first kappa shape index (κ1) is 7.59. The first-order chi connectivity index (χ1) is 4.88. The molecule has 1 aliphatic rings. The minimum absolute atomic E-state index is 0.245. The Labute approximate surface area is 62.0 Å². The molecule has 0 aromatic carbocycles. The van der Waals surface area contributed by atoms with Crippen LogP contribution in [0.25, 0.3) is 0 Å². The Balaban J connectivity index is 2.36. The summed E-state index contributed by atoms with van der Waals surface area (Å²) in [5.41, 5.74) is 0. The second-order valence-corrected chi connectivity index (χ2v) is 2.43. The molecule has 0 aromatic rings. The van der Waals surface area contributed by atoms with Crippen LogP contribution in [0.5, 0.6) is 0 Å². The molecule has 0 aliphatic carbocycles. The molecule has 0 unspecified atom stereocenters. The summed E-state index contributed by atoms with van der Waals surface area (Å²) in [4.78, 5) is 0. The normalized spacial score (nSPS) is 32.0. The van der Waals surface area contributed by atoms with Crippen LogP contribution in [0, 0.1) is 18.3 Å². The van der Waals surface area contributed by atoms with Crippen molar-refractivity contribution in [1.29, 1.82) is 0 Å². The highest BCUT2D eigenvalue weighted by Gasteiger charge is 2.24. The predicted molar refractivity (Wildman–Crippen MR) is 40.6 cm³/mol. The van der Waals surface area contributed by atoms with E-state index in [-0.39, 0.29) is 12.0 Å². The first-order valence-electron chi connectivity index (χ1n) is 3.67. The van der Waals surface area contributed by atoms with Crippen LogP contribution < -0.4 is 5.32 Å². The van der Waals surface area contributed by atoms with E-state index in [0.29, 0.717) is 0 Å². The van der Waals surface area contributed by atoms with Crippen LogP contribution in [0.1, 0.15) is 6.92 Å². The van der Waals surface area contributed by atoms with E-state index in [9.17, 15) is 0 Å². The molecule has 0 aromatic heterocycles. The highest BCUT2D eigenvalue weighted by atomic mass is 16.5. The lowest BCUT2D eigenvalue weighted by atomic mass is 10.1. The highest BCUT2D eigenvalue weighted by Crippen LogP contribution is 2.10. The van der Waals surface area contributed by atoms with Crippen LogP contribution in [0.3, 0.4) is 0 Å². The fraction of sp³-hybridized carbons (Fsp3) is 0.750. The van der Waals surface area contributed by atoms with Crippen LogP contribution in [0.2, 0.25) is 0 Å². The van der Waals surface area contributed by atoms with E-state index < -0.39 is 0 Å². The lowest BCUT2D eigenvalue weighted by Gasteiger charge is -2.12. The summed E-state index contributed by atoms with van der Waals surface area (Å²) in [6.07, 6.45) is 5.53. The smallest absolute Gasteiger partial charge is 0.0848 e. The van der Waals surface area contributed by atoms with Gasteiger partial charge in [0, 0.05) is 19.7 Å². The van der Waals surface area contributed by atoms with E-state index in [0.717, 1.165) is 19.7 Å². The molecule has 10 heavy (non-hydrogen) atoms. The summed E-state index contributed by atoms with van der Waals surface area (Å²) in [7, 11) is 0. The Hall–Kier alpha value is -0.520. The molecule has 0 spiro atoms. The standard InChI is InChI=1S/C8H13NO/c1-3-7-5-9-6-8(7)10-4-2/h1,7-9H,4-6H2,2H3/t7-,8-/m1/s1. The number of nitrogens with one attached hydrogen (secondary N) is 1. The van der Waals surface area contributed by atoms with E-state index in [4.69, 9.17) is 11.2 Å². The monoisotopic (exact) mass is 139 g/mol. The molecule has 1 heterocycles. The summed E-state index contributed by atoms with van der Waals surface area (Å²) in [5, 5.41) is 3.19. The fourth-order valence-electron chi connectivity index (χ4n) is 1.21. The quantitative estimate of drug-likeness (QED) is 0.553. The average Bonchev–Trinajstić information content (AvgIpc) is 2.36. The number of rotatable bonds is 2. The van der Waals surface area contributed by atoms with Gasteiger partial charge in [0.2, 0.25) is 0 Å². The molecular weight excluding hydrogens is 126 g/mol. The molecule has 2 atom stereocenters. The van der Waals surface area contributed by atoms with Crippen LogP contribution in [-0.4, -0.2) is 25.8 Å². The third kappa shape index (κ3) is 1.50. The number of terminal acetylenes is 1. The summed E-state index contributed by atoms with van der Waals surface area (Å²) in [6, 6.07) is 0. The SMILES string of the molecule is C#C[C@@H]1CNC[C@H]1OCC. The summed E-state index contributed by atoms with van der Waals surface area (Å²) in [5.74, 6) is 2.99. The molecule has 0 radical (unpaired) electrons. The van der Waals surface area contributed by atoms with Gasteiger partial charge in [-0.15, -0.1) is 6.42 Å². The van der Waals surface area contributed by atoms with Crippen molar-refractivity contribution in [3.05, 3.63) is 0 Å². The lowest BCUT2D eigenvalue weighted by molar-refractivity contribution is 0.0610. The zero-order valence-corrected chi connectivity index (χ0v) is 6.26. The third-order valence-corrected chi connectivity index (χ3v) is 1.75. The average molecular weight is 139 g/mol. The predicted octanol–water partition coefficient (Wildman–Crippen LogP) is 0.244. The van der Waals surface area contributed by atoms with Crippen LogP contribution in [0.15, 0.2) is 0 Å². The minimum atomic E-state index is 0.245. The van der Waals surface area contributed by atoms with E-state index in [1.807, 2.05) is 6.92 Å². The second kappa shape index (κ2) is 3.60. The van der Waals surface area contributed by atoms with Gasteiger partial charge in [-0.2, -0.15) is 0 Å². The summed E-state index contributed by atoms with van der Waals surface area (Å²) in [6.45, 7) is 4.56. The van der Waals surface area contributed by atoms with Crippen molar-refractivity contribution < 1.29 is 4.74 Å². The van der Waals surface area contributed by atoms with Gasteiger partial charge in [-0.25, -0.2) is 0 Å². The topological polar surface area (TPSA) is 21.3 Å². The van der Waals surface area contributed by atoms with Gasteiger partial charge in [0.05, 0.1) is 12.0 Å². The maximum Gasteiger partial charge on any atom is 0.0848 e. The van der Waals surface area contributed by atoms with Gasteiger partial charge in [-0.1, -0.05) is 5.92 Å². The van der Waals surface area contributed by atoms with Crippen molar-refractivity contribution in [3.63, 3.8) is 0 Å². The maximum atomic E-state index is 5.40. The largest absolute Gasteiger partial charge is 0.376 e. The van der Waals surface area contributed by atoms with Gasteiger partial charge in [0.25, 0.3) is 0 Å². The molecule has 2 heteroatoms. The number of hydrogen-bond donors (Lipinski definition) is 1. The Morgan fingerprint density at radius 1 is 1.70 bits per heavy atom. The van der Waals surface area contributed by atoms with Gasteiger partial charge >= 0.3 is 0 Å². The van der Waals surface area contributed by atoms with Gasteiger partial charge in [0.1, 0.15) is 0 Å². The van der Waals surface area contributed by atoms with Crippen LogP contribution >= 0.6 is 0 Å². The number of hydrogen-bond acceptors (Lipinski definition) is 2. The molecule has 0 bridgehead atoms. The highest BCUT2D eigenvalue weighted by molar-refractivity contribution is 5.02. The van der Waals surface area contributed by atoms with E-state index >= 15 is 0 Å². The Morgan fingerprint density at radius 2 is 2.50 bits per heavy atom. The molecule has 1 aliphatic heterocycles. The third-order valence-electron chi connectivity index (χ3n) is 1.75. The molecular formula is C8H13NO. The van der Waals surface area contributed by atoms with Crippen LogP contribution in [-0.2, 0) is 4.74 Å². The lowest BCUT2D eigenvalue weighted by Crippen LogP contribution is -2.21. The summed E-state index contributed by atoms with van der Waals surface area (Å²) >= 11 is 0. The molecule has 0 saturated carbocycles. The van der Waals surface area contributed by atoms with Crippen molar-refractivity contribution in [2.24, 2.45) is 5.92 Å². The molecule has 1 N–H and O–H groups in total. The molecule has 0 amide bonds. The zero-order chi connectivity index (χ0) is 7.40. The van der Waals surface area contributed by atoms with Crippen molar-refractivity contribution in [2.45, 2.75) is 13.0 Å². The maximum absolute atomic E-state index is 5.40. The summed E-state index contributed by atoms with van der Waals surface area (Å²) < 4.78 is 5.40. The molecule has 1 saturated heterocycles. The molecule has 1 rings (SSSR count). The van der Waals surface area contributed by atoms with E-state index in [1.165, 1.54) is 0 Å². The van der Waals surface area contributed by atoms with Crippen molar-refractivity contribution in [1.82, 2.24) is 5.32 Å².